The lowest BCUT2D eigenvalue weighted by molar-refractivity contribution is 0.0824. The van der Waals surface area contributed by atoms with Gasteiger partial charge in [0.2, 0.25) is 11.8 Å². The second-order valence-corrected chi connectivity index (χ2v) is 6.55. The number of amides is 1. The summed E-state index contributed by atoms with van der Waals surface area (Å²) in [5.74, 6) is -1.04. The van der Waals surface area contributed by atoms with Crippen molar-refractivity contribution < 1.29 is 20.1 Å². The predicted molar refractivity (Wildman–Crippen MR) is 106 cm³/mol. The standard InChI is InChI=1S/C19H26N4O4/c1-6-8-11(2)20-14-15(19(27)23(5)18(14)26)21-13-10-7-9-12(16(13)24)17(25)22(3)4/h7,9-10,21,24,26-27H,6,8H2,1-5H3. The van der Waals surface area contributed by atoms with E-state index in [4.69, 9.17) is 0 Å². The molecule has 1 aromatic heterocycles. The van der Waals surface area contributed by atoms with E-state index >= 15 is 0 Å². The molecule has 0 fully saturated rings. The number of phenols is 1. The first-order valence-corrected chi connectivity index (χ1v) is 8.64. The first kappa shape index (κ1) is 20.2. The lowest BCUT2D eigenvalue weighted by Crippen LogP contribution is -2.21. The monoisotopic (exact) mass is 374 g/mol. The Morgan fingerprint density at radius 1 is 1.22 bits per heavy atom. The number of carbonyl (C=O) groups excluding carboxylic acids is 1. The minimum Gasteiger partial charge on any atom is -0.505 e. The fourth-order valence-electron chi connectivity index (χ4n) is 2.67. The molecule has 0 bridgehead atoms. The van der Waals surface area contributed by atoms with Crippen LogP contribution in [0.4, 0.5) is 17.1 Å². The lowest BCUT2D eigenvalue weighted by Gasteiger charge is -2.14. The molecule has 146 valence electrons. The molecule has 1 aromatic carbocycles. The summed E-state index contributed by atoms with van der Waals surface area (Å²) in [6.45, 7) is 3.86. The Hall–Kier alpha value is -3.16. The van der Waals surface area contributed by atoms with Gasteiger partial charge < -0.3 is 25.5 Å². The number of aromatic hydroxyl groups is 3. The Balaban J connectivity index is 2.53. The average molecular weight is 374 g/mol. The van der Waals surface area contributed by atoms with Crippen LogP contribution in [0.3, 0.4) is 0 Å². The van der Waals surface area contributed by atoms with Crippen molar-refractivity contribution in [3.8, 4) is 17.5 Å². The molecule has 27 heavy (non-hydrogen) atoms. The van der Waals surface area contributed by atoms with Gasteiger partial charge in [0.1, 0.15) is 5.69 Å². The van der Waals surface area contributed by atoms with Gasteiger partial charge in [0.25, 0.3) is 5.91 Å². The molecule has 0 aliphatic carbocycles. The van der Waals surface area contributed by atoms with Crippen LogP contribution in [-0.4, -0.2) is 50.5 Å². The van der Waals surface area contributed by atoms with Gasteiger partial charge in [-0.1, -0.05) is 19.4 Å². The molecule has 1 heterocycles. The molecule has 0 aliphatic rings. The normalized spacial score (nSPS) is 11.5. The lowest BCUT2D eigenvalue weighted by atomic mass is 10.1. The zero-order chi connectivity index (χ0) is 20.3. The number of hydrogen-bond acceptors (Lipinski definition) is 6. The van der Waals surface area contributed by atoms with Gasteiger partial charge in [-0.2, -0.15) is 0 Å². The number of carbonyl (C=O) groups is 1. The van der Waals surface area contributed by atoms with Crippen molar-refractivity contribution in [3.05, 3.63) is 23.8 Å². The summed E-state index contributed by atoms with van der Waals surface area (Å²) in [5, 5.41) is 34.1. The number of para-hydroxylation sites is 1. The maximum absolute atomic E-state index is 12.2. The van der Waals surface area contributed by atoms with Crippen molar-refractivity contribution >= 4 is 28.7 Å². The first-order valence-electron chi connectivity index (χ1n) is 8.64. The molecule has 0 saturated carbocycles. The predicted octanol–water partition coefficient (Wildman–Crippen LogP) is 3.48. The number of aromatic nitrogens is 1. The topological polar surface area (TPSA) is 110 Å². The Morgan fingerprint density at radius 3 is 2.48 bits per heavy atom. The first-order chi connectivity index (χ1) is 12.7. The Kier molecular flexibility index (Phi) is 5.99. The zero-order valence-corrected chi connectivity index (χ0v) is 16.2. The smallest absolute Gasteiger partial charge is 0.257 e. The van der Waals surface area contributed by atoms with Gasteiger partial charge in [0.15, 0.2) is 11.4 Å². The van der Waals surface area contributed by atoms with Crippen LogP contribution in [0, 0.1) is 0 Å². The molecular weight excluding hydrogens is 348 g/mol. The van der Waals surface area contributed by atoms with Crippen molar-refractivity contribution in [2.75, 3.05) is 19.4 Å². The van der Waals surface area contributed by atoms with Crippen molar-refractivity contribution in [1.82, 2.24) is 9.47 Å². The third-order valence-corrected chi connectivity index (χ3v) is 4.15. The van der Waals surface area contributed by atoms with E-state index in [2.05, 4.69) is 10.3 Å². The Bertz CT molecular complexity index is 884. The number of anilines is 2. The Morgan fingerprint density at radius 2 is 1.89 bits per heavy atom. The number of aliphatic imine (C=N–C) groups is 1. The fraction of sp³-hybridized carbons (Fsp3) is 0.368. The third kappa shape index (κ3) is 3.99. The summed E-state index contributed by atoms with van der Waals surface area (Å²) in [6.07, 6.45) is 1.64. The number of hydrogen-bond donors (Lipinski definition) is 4. The van der Waals surface area contributed by atoms with Crippen LogP contribution in [0.25, 0.3) is 0 Å². The van der Waals surface area contributed by atoms with Gasteiger partial charge in [0.05, 0.1) is 11.3 Å². The van der Waals surface area contributed by atoms with E-state index in [1.165, 1.54) is 22.6 Å². The quantitative estimate of drug-likeness (QED) is 0.457. The van der Waals surface area contributed by atoms with Gasteiger partial charge in [-0.25, -0.2) is 0 Å². The number of benzene rings is 1. The van der Waals surface area contributed by atoms with Crippen molar-refractivity contribution in [1.29, 1.82) is 0 Å². The maximum atomic E-state index is 12.2. The van der Waals surface area contributed by atoms with Crippen LogP contribution >= 0.6 is 0 Å². The second-order valence-electron chi connectivity index (χ2n) is 6.55. The van der Waals surface area contributed by atoms with E-state index in [0.29, 0.717) is 0 Å². The van der Waals surface area contributed by atoms with E-state index in [0.717, 1.165) is 18.6 Å². The molecule has 2 rings (SSSR count). The summed E-state index contributed by atoms with van der Waals surface area (Å²) < 4.78 is 1.19. The summed E-state index contributed by atoms with van der Waals surface area (Å²) in [4.78, 5) is 18.0. The second kappa shape index (κ2) is 8.03. The molecule has 0 saturated heterocycles. The molecule has 2 aromatic rings. The van der Waals surface area contributed by atoms with Crippen LogP contribution in [0.1, 0.15) is 37.0 Å². The zero-order valence-electron chi connectivity index (χ0n) is 16.2. The van der Waals surface area contributed by atoms with Crippen molar-refractivity contribution in [2.45, 2.75) is 26.7 Å². The van der Waals surface area contributed by atoms with Crippen LogP contribution in [0.15, 0.2) is 23.2 Å². The van der Waals surface area contributed by atoms with E-state index < -0.39 is 0 Å². The van der Waals surface area contributed by atoms with Crippen LogP contribution < -0.4 is 5.32 Å². The number of nitrogens with one attached hydrogen (secondary N) is 1. The summed E-state index contributed by atoms with van der Waals surface area (Å²) >= 11 is 0. The van der Waals surface area contributed by atoms with Crippen LogP contribution in [0.2, 0.25) is 0 Å². The molecule has 4 N–H and O–H groups in total. The molecule has 0 atom stereocenters. The molecule has 0 spiro atoms. The van der Waals surface area contributed by atoms with Gasteiger partial charge in [-0.05, 0) is 25.5 Å². The van der Waals surface area contributed by atoms with Crippen molar-refractivity contribution in [3.63, 3.8) is 0 Å². The molecule has 8 nitrogen and oxygen atoms in total. The van der Waals surface area contributed by atoms with Crippen molar-refractivity contribution in [2.24, 2.45) is 12.0 Å². The molecule has 0 unspecified atom stereocenters. The van der Waals surface area contributed by atoms with E-state index in [9.17, 15) is 20.1 Å². The third-order valence-electron chi connectivity index (χ3n) is 4.15. The molecular formula is C19H26N4O4. The Labute approximate surface area is 158 Å². The molecule has 0 radical (unpaired) electrons. The number of rotatable bonds is 6. The maximum Gasteiger partial charge on any atom is 0.257 e. The minimum atomic E-state index is -0.353. The minimum absolute atomic E-state index is 0.122. The highest BCUT2D eigenvalue weighted by Crippen LogP contribution is 2.47. The summed E-state index contributed by atoms with van der Waals surface area (Å²) in [6, 6.07) is 4.69. The summed E-state index contributed by atoms with van der Waals surface area (Å²) in [5.41, 5.74) is 1.45. The highest BCUT2D eigenvalue weighted by molar-refractivity contribution is 5.99. The van der Waals surface area contributed by atoms with Crippen LogP contribution in [-0.2, 0) is 7.05 Å². The van der Waals surface area contributed by atoms with E-state index in [1.54, 1.807) is 26.2 Å². The molecule has 0 aliphatic heterocycles. The summed E-state index contributed by atoms with van der Waals surface area (Å²) in [7, 11) is 4.67. The SMILES string of the molecule is CCCC(C)=Nc1c(Nc2cccc(C(=O)N(C)C)c2O)c(O)n(C)c1O. The van der Waals surface area contributed by atoms with E-state index in [-0.39, 0.29) is 46.0 Å². The van der Waals surface area contributed by atoms with Gasteiger partial charge in [0, 0.05) is 26.9 Å². The fourth-order valence-corrected chi connectivity index (χ4v) is 2.67. The van der Waals surface area contributed by atoms with Crippen LogP contribution in [0.5, 0.6) is 17.5 Å². The number of phenolic OH excluding ortho intramolecular Hbond substituents is 1. The molecule has 8 heteroatoms. The number of nitrogens with zero attached hydrogens (tertiary/aromatic N) is 3. The largest absolute Gasteiger partial charge is 0.505 e. The van der Waals surface area contributed by atoms with Gasteiger partial charge >= 0.3 is 0 Å². The molecule has 1 amide bonds. The van der Waals surface area contributed by atoms with Gasteiger partial charge in [-0.3, -0.25) is 14.4 Å². The van der Waals surface area contributed by atoms with Gasteiger partial charge in [-0.15, -0.1) is 0 Å². The highest BCUT2D eigenvalue weighted by Gasteiger charge is 2.23. The average Bonchev–Trinajstić information content (AvgIpc) is 2.81. The highest BCUT2D eigenvalue weighted by atomic mass is 16.3. The van der Waals surface area contributed by atoms with E-state index in [1.807, 2.05) is 13.8 Å².